The molecule has 106 valence electrons. The summed E-state index contributed by atoms with van der Waals surface area (Å²) < 4.78 is 0. The van der Waals surface area contributed by atoms with Gasteiger partial charge in [0.05, 0.1) is 6.54 Å². The van der Waals surface area contributed by atoms with Crippen molar-refractivity contribution in [2.75, 3.05) is 13.1 Å². The minimum atomic E-state index is 0.0627. The lowest BCUT2D eigenvalue weighted by molar-refractivity contribution is -0.120. The number of hydrogen-bond donors (Lipinski definition) is 2. The Morgan fingerprint density at radius 2 is 1.89 bits per heavy atom. The van der Waals surface area contributed by atoms with Crippen LogP contribution in [0.1, 0.15) is 38.7 Å². The molecule has 0 unspecified atom stereocenters. The number of hydrogen-bond acceptors (Lipinski definition) is 2. The van der Waals surface area contributed by atoms with E-state index in [2.05, 4.69) is 24.5 Å². The Morgan fingerprint density at radius 3 is 2.58 bits per heavy atom. The van der Waals surface area contributed by atoms with Gasteiger partial charge in [0.25, 0.3) is 0 Å². The summed E-state index contributed by atoms with van der Waals surface area (Å²) in [5.74, 6) is 0.835. The smallest absolute Gasteiger partial charge is 0.234 e. The second-order valence-corrected chi connectivity index (χ2v) is 5.33. The second-order valence-electron chi connectivity index (χ2n) is 5.33. The SMILES string of the molecule is CC(C)CCCCNCC(=O)NCc1ccccc1. The van der Waals surface area contributed by atoms with Gasteiger partial charge in [0, 0.05) is 6.54 Å². The quantitative estimate of drug-likeness (QED) is 0.672. The van der Waals surface area contributed by atoms with E-state index in [9.17, 15) is 4.79 Å². The van der Waals surface area contributed by atoms with Crippen LogP contribution < -0.4 is 10.6 Å². The number of amides is 1. The van der Waals surface area contributed by atoms with Crippen molar-refractivity contribution in [3.05, 3.63) is 35.9 Å². The zero-order chi connectivity index (χ0) is 13.9. The van der Waals surface area contributed by atoms with E-state index in [-0.39, 0.29) is 5.91 Å². The molecule has 1 rings (SSSR count). The van der Waals surface area contributed by atoms with E-state index in [1.165, 1.54) is 12.8 Å². The van der Waals surface area contributed by atoms with E-state index < -0.39 is 0 Å². The molecule has 2 N–H and O–H groups in total. The maximum atomic E-state index is 11.6. The lowest BCUT2D eigenvalue weighted by Crippen LogP contribution is -2.33. The molecule has 0 fully saturated rings. The second kappa shape index (κ2) is 9.56. The molecule has 0 aliphatic heterocycles. The molecular weight excluding hydrogens is 236 g/mol. The van der Waals surface area contributed by atoms with Crippen molar-refractivity contribution >= 4 is 5.91 Å². The first-order chi connectivity index (χ1) is 9.18. The third-order valence-corrected chi connectivity index (χ3v) is 3.00. The molecule has 0 saturated heterocycles. The highest BCUT2D eigenvalue weighted by Crippen LogP contribution is 2.04. The van der Waals surface area contributed by atoms with Gasteiger partial charge in [-0.2, -0.15) is 0 Å². The van der Waals surface area contributed by atoms with Crippen molar-refractivity contribution in [1.82, 2.24) is 10.6 Å². The van der Waals surface area contributed by atoms with Crippen LogP contribution in [-0.4, -0.2) is 19.0 Å². The van der Waals surface area contributed by atoms with Gasteiger partial charge in [-0.3, -0.25) is 4.79 Å². The number of nitrogens with one attached hydrogen (secondary N) is 2. The van der Waals surface area contributed by atoms with Crippen LogP contribution in [0, 0.1) is 5.92 Å². The van der Waals surface area contributed by atoms with Crippen LogP contribution in [0.3, 0.4) is 0 Å². The molecule has 3 heteroatoms. The number of carbonyl (C=O) groups is 1. The summed E-state index contributed by atoms with van der Waals surface area (Å²) in [6.45, 7) is 6.42. The minimum Gasteiger partial charge on any atom is -0.351 e. The molecule has 19 heavy (non-hydrogen) atoms. The third kappa shape index (κ3) is 8.38. The van der Waals surface area contributed by atoms with Crippen LogP contribution in [0.25, 0.3) is 0 Å². The van der Waals surface area contributed by atoms with Crippen molar-refractivity contribution in [2.24, 2.45) is 5.92 Å². The molecule has 0 aliphatic rings. The fraction of sp³-hybridized carbons (Fsp3) is 0.562. The predicted octanol–water partition coefficient (Wildman–Crippen LogP) is 2.72. The summed E-state index contributed by atoms with van der Waals surface area (Å²) in [5, 5.41) is 6.09. The van der Waals surface area contributed by atoms with Crippen LogP contribution in [0.5, 0.6) is 0 Å². The minimum absolute atomic E-state index is 0.0627. The van der Waals surface area contributed by atoms with Crippen molar-refractivity contribution in [3.63, 3.8) is 0 Å². The van der Waals surface area contributed by atoms with Crippen LogP contribution in [0.4, 0.5) is 0 Å². The molecule has 0 heterocycles. The van der Waals surface area contributed by atoms with Gasteiger partial charge in [-0.15, -0.1) is 0 Å². The summed E-state index contributed by atoms with van der Waals surface area (Å²) >= 11 is 0. The van der Waals surface area contributed by atoms with E-state index in [0.29, 0.717) is 13.1 Å². The topological polar surface area (TPSA) is 41.1 Å². The summed E-state index contributed by atoms with van der Waals surface area (Å²) in [5.41, 5.74) is 1.13. The van der Waals surface area contributed by atoms with Crippen molar-refractivity contribution in [1.29, 1.82) is 0 Å². The normalized spacial score (nSPS) is 10.7. The zero-order valence-corrected chi connectivity index (χ0v) is 12.1. The van der Waals surface area contributed by atoms with Gasteiger partial charge >= 0.3 is 0 Å². The molecule has 0 atom stereocenters. The molecule has 1 amide bonds. The van der Waals surface area contributed by atoms with Crippen molar-refractivity contribution < 1.29 is 4.79 Å². The summed E-state index contributed by atoms with van der Waals surface area (Å²) in [4.78, 5) is 11.6. The largest absolute Gasteiger partial charge is 0.351 e. The van der Waals surface area contributed by atoms with Crippen LogP contribution >= 0.6 is 0 Å². The van der Waals surface area contributed by atoms with E-state index in [1.54, 1.807) is 0 Å². The van der Waals surface area contributed by atoms with Gasteiger partial charge in [-0.25, -0.2) is 0 Å². The molecule has 0 radical (unpaired) electrons. The molecular formula is C16H26N2O. The maximum Gasteiger partial charge on any atom is 0.234 e. The molecule has 0 bridgehead atoms. The Morgan fingerprint density at radius 1 is 1.16 bits per heavy atom. The Labute approximate surface area is 116 Å². The first kappa shape index (κ1) is 15.7. The van der Waals surface area contributed by atoms with Gasteiger partial charge in [0.1, 0.15) is 0 Å². The lowest BCUT2D eigenvalue weighted by Gasteiger charge is -2.07. The molecule has 0 aliphatic carbocycles. The number of unbranched alkanes of at least 4 members (excludes halogenated alkanes) is 1. The molecule has 1 aromatic carbocycles. The van der Waals surface area contributed by atoms with E-state index in [0.717, 1.165) is 24.4 Å². The molecule has 0 spiro atoms. The van der Waals surface area contributed by atoms with Crippen LogP contribution in [0.15, 0.2) is 30.3 Å². The monoisotopic (exact) mass is 262 g/mol. The highest BCUT2D eigenvalue weighted by Gasteiger charge is 2.00. The Bertz CT molecular complexity index is 349. The van der Waals surface area contributed by atoms with E-state index in [1.807, 2.05) is 30.3 Å². The van der Waals surface area contributed by atoms with Crippen LogP contribution in [-0.2, 0) is 11.3 Å². The van der Waals surface area contributed by atoms with Gasteiger partial charge in [0.15, 0.2) is 0 Å². The number of carbonyl (C=O) groups excluding carboxylic acids is 1. The van der Waals surface area contributed by atoms with E-state index >= 15 is 0 Å². The summed E-state index contributed by atoms with van der Waals surface area (Å²) in [6.07, 6.45) is 3.64. The molecule has 3 nitrogen and oxygen atoms in total. The van der Waals surface area contributed by atoms with Gasteiger partial charge in [0.2, 0.25) is 5.91 Å². The number of benzene rings is 1. The highest BCUT2D eigenvalue weighted by molar-refractivity contribution is 5.77. The van der Waals surface area contributed by atoms with Crippen LogP contribution in [0.2, 0.25) is 0 Å². The first-order valence-corrected chi connectivity index (χ1v) is 7.20. The average molecular weight is 262 g/mol. The highest BCUT2D eigenvalue weighted by atomic mass is 16.1. The lowest BCUT2D eigenvalue weighted by atomic mass is 10.1. The van der Waals surface area contributed by atoms with Gasteiger partial charge in [-0.1, -0.05) is 57.0 Å². The number of rotatable bonds is 9. The van der Waals surface area contributed by atoms with Crippen molar-refractivity contribution in [3.8, 4) is 0 Å². The molecule has 0 saturated carbocycles. The van der Waals surface area contributed by atoms with Gasteiger partial charge in [-0.05, 0) is 24.4 Å². The molecule has 1 aromatic rings. The fourth-order valence-corrected chi connectivity index (χ4v) is 1.86. The first-order valence-electron chi connectivity index (χ1n) is 7.20. The molecule has 0 aromatic heterocycles. The summed E-state index contributed by atoms with van der Waals surface area (Å²) in [6, 6.07) is 9.96. The maximum absolute atomic E-state index is 11.6. The third-order valence-electron chi connectivity index (χ3n) is 3.00. The van der Waals surface area contributed by atoms with Crippen molar-refractivity contribution in [2.45, 2.75) is 39.7 Å². The standard InChI is InChI=1S/C16H26N2O/c1-14(2)8-6-7-11-17-13-16(19)18-12-15-9-4-3-5-10-15/h3-5,9-10,14,17H,6-8,11-13H2,1-2H3,(H,18,19). The zero-order valence-electron chi connectivity index (χ0n) is 12.1. The van der Waals surface area contributed by atoms with E-state index in [4.69, 9.17) is 0 Å². The fourth-order valence-electron chi connectivity index (χ4n) is 1.86. The van der Waals surface area contributed by atoms with Gasteiger partial charge < -0.3 is 10.6 Å². The Kier molecular flexibility index (Phi) is 7.91. The predicted molar refractivity (Wildman–Crippen MR) is 79.8 cm³/mol. The summed E-state index contributed by atoms with van der Waals surface area (Å²) in [7, 11) is 0. The Hall–Kier alpha value is -1.35. The Balaban J connectivity index is 1.99. The average Bonchev–Trinajstić information content (AvgIpc) is 2.41.